The molecule has 18 heavy (non-hydrogen) atoms. The quantitative estimate of drug-likeness (QED) is 0.652. The molecule has 6 nitrogen and oxygen atoms in total. The second kappa shape index (κ2) is 5.68. The Hall–Kier alpha value is -1.82. The Morgan fingerprint density at radius 2 is 2.22 bits per heavy atom. The highest BCUT2D eigenvalue weighted by Crippen LogP contribution is 2.37. The molecule has 0 bridgehead atoms. The number of ether oxygens (including phenoxy) is 2. The van der Waals surface area contributed by atoms with Crippen LogP contribution in [0, 0.1) is 10.1 Å². The molecule has 1 aromatic rings. The molecule has 0 radical (unpaired) electrons. The first-order valence-corrected chi connectivity index (χ1v) is 5.91. The van der Waals surface area contributed by atoms with E-state index < -0.39 is 4.92 Å². The number of nitrogens with zero attached hydrogens (tertiary/aromatic N) is 1. The topological polar surface area (TPSA) is 73.6 Å². The zero-order valence-corrected chi connectivity index (χ0v) is 10.2. The van der Waals surface area contributed by atoms with Crippen molar-refractivity contribution in [2.75, 3.05) is 20.2 Å². The van der Waals surface area contributed by atoms with E-state index in [-0.39, 0.29) is 23.3 Å². The maximum absolute atomic E-state index is 11.1. The zero-order valence-electron chi connectivity index (χ0n) is 10.2. The van der Waals surface area contributed by atoms with Crippen molar-refractivity contribution >= 4 is 5.69 Å². The van der Waals surface area contributed by atoms with E-state index in [1.165, 1.54) is 7.11 Å². The van der Waals surface area contributed by atoms with Gasteiger partial charge in [0.1, 0.15) is 6.10 Å². The lowest BCUT2D eigenvalue weighted by Crippen LogP contribution is -2.37. The molecule has 1 aromatic carbocycles. The highest BCUT2D eigenvalue weighted by molar-refractivity contribution is 5.57. The molecule has 1 fully saturated rings. The van der Waals surface area contributed by atoms with Crippen molar-refractivity contribution in [2.45, 2.75) is 18.9 Å². The Bertz CT molecular complexity index is 430. The second-order valence-electron chi connectivity index (χ2n) is 4.15. The van der Waals surface area contributed by atoms with Gasteiger partial charge in [0.05, 0.1) is 12.0 Å². The molecule has 1 saturated heterocycles. The van der Waals surface area contributed by atoms with Crippen molar-refractivity contribution in [1.82, 2.24) is 5.32 Å². The monoisotopic (exact) mass is 252 g/mol. The summed E-state index contributed by atoms with van der Waals surface area (Å²) in [6, 6.07) is 4.86. The van der Waals surface area contributed by atoms with Crippen LogP contribution in [-0.4, -0.2) is 31.2 Å². The minimum Gasteiger partial charge on any atom is -0.490 e. The van der Waals surface area contributed by atoms with Gasteiger partial charge < -0.3 is 14.8 Å². The maximum Gasteiger partial charge on any atom is 0.352 e. The third-order valence-electron chi connectivity index (χ3n) is 2.91. The number of hydrogen-bond acceptors (Lipinski definition) is 5. The van der Waals surface area contributed by atoms with Gasteiger partial charge in [-0.3, -0.25) is 10.1 Å². The van der Waals surface area contributed by atoms with E-state index in [1.807, 2.05) is 0 Å². The highest BCUT2D eigenvalue weighted by Gasteiger charge is 2.24. The summed E-state index contributed by atoms with van der Waals surface area (Å²) in [4.78, 5) is 10.6. The van der Waals surface area contributed by atoms with Crippen LogP contribution in [0.3, 0.4) is 0 Å². The third kappa shape index (κ3) is 2.70. The summed E-state index contributed by atoms with van der Waals surface area (Å²) < 4.78 is 10.7. The van der Waals surface area contributed by atoms with E-state index in [2.05, 4.69) is 5.32 Å². The Morgan fingerprint density at radius 3 is 2.83 bits per heavy atom. The van der Waals surface area contributed by atoms with Gasteiger partial charge in [-0.05, 0) is 31.5 Å². The van der Waals surface area contributed by atoms with E-state index >= 15 is 0 Å². The zero-order chi connectivity index (χ0) is 13.0. The van der Waals surface area contributed by atoms with Crippen molar-refractivity contribution in [3.63, 3.8) is 0 Å². The maximum atomic E-state index is 11.1. The Labute approximate surface area is 105 Å². The van der Waals surface area contributed by atoms with Gasteiger partial charge in [0, 0.05) is 6.54 Å². The van der Waals surface area contributed by atoms with Gasteiger partial charge in [-0.2, -0.15) is 0 Å². The molecule has 2 rings (SSSR count). The lowest BCUT2D eigenvalue weighted by molar-refractivity contribution is -0.387. The normalized spacial score (nSPS) is 19.3. The number of hydrogen-bond donors (Lipinski definition) is 1. The van der Waals surface area contributed by atoms with Crippen molar-refractivity contribution in [1.29, 1.82) is 0 Å². The highest BCUT2D eigenvalue weighted by atomic mass is 16.6. The average Bonchev–Trinajstić information content (AvgIpc) is 2.39. The van der Waals surface area contributed by atoms with Gasteiger partial charge in [0.2, 0.25) is 11.5 Å². The van der Waals surface area contributed by atoms with Crippen LogP contribution in [0.15, 0.2) is 18.2 Å². The van der Waals surface area contributed by atoms with Gasteiger partial charge in [-0.15, -0.1) is 0 Å². The fourth-order valence-electron chi connectivity index (χ4n) is 2.04. The number of benzene rings is 1. The molecular formula is C12H16N2O4. The molecule has 0 spiro atoms. The average molecular weight is 252 g/mol. The number of piperidine rings is 1. The van der Waals surface area contributed by atoms with E-state index in [0.29, 0.717) is 6.54 Å². The molecule has 1 aliphatic rings. The van der Waals surface area contributed by atoms with Gasteiger partial charge in [-0.1, -0.05) is 6.07 Å². The molecule has 98 valence electrons. The minimum atomic E-state index is -0.468. The lowest BCUT2D eigenvalue weighted by Gasteiger charge is -2.23. The van der Waals surface area contributed by atoms with E-state index in [9.17, 15) is 10.1 Å². The molecule has 0 saturated carbocycles. The number of nitrogens with one attached hydrogen (secondary N) is 1. The molecule has 1 atom stereocenters. The number of nitro groups is 1. The summed E-state index contributed by atoms with van der Waals surface area (Å²) in [6.45, 7) is 1.69. The summed E-state index contributed by atoms with van der Waals surface area (Å²) >= 11 is 0. The van der Waals surface area contributed by atoms with Crippen LogP contribution in [0.4, 0.5) is 5.69 Å². The molecule has 6 heteroatoms. The van der Waals surface area contributed by atoms with Crippen LogP contribution in [-0.2, 0) is 0 Å². The van der Waals surface area contributed by atoms with Crippen molar-refractivity contribution in [3.8, 4) is 11.5 Å². The van der Waals surface area contributed by atoms with Crippen molar-refractivity contribution < 1.29 is 14.4 Å². The first-order chi connectivity index (χ1) is 8.72. The smallest absolute Gasteiger partial charge is 0.352 e. The standard InChI is InChI=1S/C12H16N2O4/c1-17-10-5-2-6-11(12(10)14(15)16)18-9-4-3-7-13-8-9/h2,5-6,9,13H,3-4,7-8H2,1H3/t9-/m0/s1. The minimum absolute atomic E-state index is 0.0236. The first-order valence-electron chi connectivity index (χ1n) is 5.91. The number of rotatable bonds is 4. The summed E-state index contributed by atoms with van der Waals surface area (Å²) in [7, 11) is 1.41. The Balaban J connectivity index is 2.23. The fourth-order valence-corrected chi connectivity index (χ4v) is 2.04. The van der Waals surface area contributed by atoms with Crippen LogP contribution < -0.4 is 14.8 Å². The van der Waals surface area contributed by atoms with Gasteiger partial charge in [-0.25, -0.2) is 0 Å². The summed E-state index contributed by atoms with van der Waals surface area (Å²) in [5.74, 6) is 0.495. The van der Waals surface area contributed by atoms with Crippen LogP contribution in [0.25, 0.3) is 0 Å². The summed E-state index contributed by atoms with van der Waals surface area (Å²) in [5.41, 5.74) is -0.106. The third-order valence-corrected chi connectivity index (χ3v) is 2.91. The molecule has 1 heterocycles. The second-order valence-corrected chi connectivity index (χ2v) is 4.15. The summed E-state index contributed by atoms with van der Waals surface area (Å²) in [5, 5.41) is 14.3. The molecule has 1 N–H and O–H groups in total. The molecule has 0 unspecified atom stereocenters. The SMILES string of the molecule is COc1cccc(O[C@H]2CCCNC2)c1[N+](=O)[O-]. The van der Waals surface area contributed by atoms with E-state index in [0.717, 1.165) is 19.4 Å². The van der Waals surface area contributed by atoms with Crippen LogP contribution in [0.2, 0.25) is 0 Å². The van der Waals surface area contributed by atoms with Crippen LogP contribution >= 0.6 is 0 Å². The lowest BCUT2D eigenvalue weighted by atomic mass is 10.1. The van der Waals surface area contributed by atoms with Crippen LogP contribution in [0.1, 0.15) is 12.8 Å². The van der Waals surface area contributed by atoms with Crippen molar-refractivity contribution in [3.05, 3.63) is 28.3 Å². The van der Waals surface area contributed by atoms with Gasteiger partial charge in [0.15, 0.2) is 0 Å². The van der Waals surface area contributed by atoms with Crippen LogP contribution in [0.5, 0.6) is 11.5 Å². The largest absolute Gasteiger partial charge is 0.490 e. The first kappa shape index (κ1) is 12.6. The molecule has 0 amide bonds. The predicted octanol–water partition coefficient (Wildman–Crippen LogP) is 1.73. The van der Waals surface area contributed by atoms with Gasteiger partial charge in [0.25, 0.3) is 0 Å². The molecular weight excluding hydrogens is 236 g/mol. The number of nitro benzene ring substituents is 1. The van der Waals surface area contributed by atoms with E-state index in [1.54, 1.807) is 18.2 Å². The fraction of sp³-hybridized carbons (Fsp3) is 0.500. The van der Waals surface area contributed by atoms with E-state index in [4.69, 9.17) is 9.47 Å². The molecule has 1 aliphatic heterocycles. The number of methoxy groups -OCH3 is 1. The Morgan fingerprint density at radius 1 is 1.44 bits per heavy atom. The Kier molecular flexibility index (Phi) is 3.99. The summed E-state index contributed by atoms with van der Waals surface area (Å²) in [6.07, 6.45) is 1.90. The van der Waals surface area contributed by atoms with Gasteiger partial charge >= 0.3 is 5.69 Å². The molecule has 0 aliphatic carbocycles. The molecule has 0 aromatic heterocycles. The van der Waals surface area contributed by atoms with Crippen molar-refractivity contribution in [2.24, 2.45) is 0 Å². The number of para-hydroxylation sites is 1. The predicted molar refractivity (Wildman–Crippen MR) is 66.2 cm³/mol.